The minimum Gasteiger partial charge on any atom is -0.497 e. The van der Waals surface area contributed by atoms with Gasteiger partial charge in [-0.25, -0.2) is 4.79 Å². The molecular formula is C23H31BrN2O3. The van der Waals surface area contributed by atoms with Crippen molar-refractivity contribution in [1.29, 1.82) is 0 Å². The van der Waals surface area contributed by atoms with E-state index in [0.717, 1.165) is 34.4 Å². The fraction of sp³-hybridized carbons (Fsp3) is 0.435. The van der Waals surface area contributed by atoms with E-state index in [-0.39, 0.29) is 11.4 Å². The van der Waals surface area contributed by atoms with Gasteiger partial charge in [-0.15, -0.1) is 0 Å². The van der Waals surface area contributed by atoms with E-state index in [9.17, 15) is 4.79 Å². The predicted octanol–water partition coefficient (Wildman–Crippen LogP) is 5.07. The van der Waals surface area contributed by atoms with Crippen molar-refractivity contribution in [1.82, 2.24) is 10.6 Å². The summed E-state index contributed by atoms with van der Waals surface area (Å²) < 4.78 is 12.0. The van der Waals surface area contributed by atoms with Crippen LogP contribution < -0.4 is 20.1 Å². The Morgan fingerprint density at radius 3 is 2.52 bits per heavy atom. The summed E-state index contributed by atoms with van der Waals surface area (Å²) in [4.78, 5) is 11.9. The highest BCUT2D eigenvalue weighted by molar-refractivity contribution is 9.10. The van der Waals surface area contributed by atoms with E-state index in [0.29, 0.717) is 19.7 Å². The van der Waals surface area contributed by atoms with Gasteiger partial charge in [0.25, 0.3) is 0 Å². The smallest absolute Gasteiger partial charge is 0.314 e. The third kappa shape index (κ3) is 7.97. The SMILES string of the molecule is COc1cccc(CCNC(=O)NCCCOc2ccc(C(C)(C)C)cc2Br)c1. The fourth-order valence-electron chi connectivity index (χ4n) is 2.75. The molecule has 2 rings (SSSR count). The van der Waals surface area contributed by atoms with Gasteiger partial charge in [0.1, 0.15) is 11.5 Å². The standard InChI is InChI=1S/C23H31BrN2O3/c1-23(2,3)18-9-10-21(20(24)16-18)29-14-6-12-25-22(27)26-13-11-17-7-5-8-19(15-17)28-4/h5,7-10,15-16H,6,11-14H2,1-4H3,(H2,25,26,27). The molecule has 0 aliphatic rings. The van der Waals surface area contributed by atoms with E-state index in [1.165, 1.54) is 5.56 Å². The van der Waals surface area contributed by atoms with Crippen LogP contribution in [0.15, 0.2) is 46.9 Å². The maximum atomic E-state index is 11.9. The molecule has 6 heteroatoms. The van der Waals surface area contributed by atoms with Crippen LogP contribution in [0.4, 0.5) is 4.79 Å². The number of carbonyl (C=O) groups is 1. The first-order valence-corrected chi connectivity index (χ1v) is 10.7. The molecule has 2 N–H and O–H groups in total. The molecule has 0 heterocycles. The van der Waals surface area contributed by atoms with Gasteiger partial charge in [0.2, 0.25) is 0 Å². The normalized spacial score (nSPS) is 11.1. The van der Waals surface area contributed by atoms with Crippen molar-refractivity contribution in [3.05, 3.63) is 58.1 Å². The van der Waals surface area contributed by atoms with Crippen LogP contribution in [0.25, 0.3) is 0 Å². The molecule has 0 aliphatic carbocycles. The number of ether oxygens (including phenoxy) is 2. The van der Waals surface area contributed by atoms with Crippen molar-refractivity contribution < 1.29 is 14.3 Å². The number of halogens is 1. The molecule has 29 heavy (non-hydrogen) atoms. The van der Waals surface area contributed by atoms with Crippen molar-refractivity contribution >= 4 is 22.0 Å². The molecule has 0 unspecified atom stereocenters. The van der Waals surface area contributed by atoms with Crippen LogP contribution in [0.2, 0.25) is 0 Å². The average molecular weight is 463 g/mol. The lowest BCUT2D eigenvalue weighted by Crippen LogP contribution is -2.37. The van der Waals surface area contributed by atoms with Crippen molar-refractivity contribution in [2.45, 2.75) is 39.0 Å². The molecule has 0 saturated heterocycles. The molecule has 0 aromatic heterocycles. The molecule has 0 aliphatic heterocycles. The third-order valence-corrected chi connectivity index (χ3v) is 5.12. The highest BCUT2D eigenvalue weighted by Crippen LogP contribution is 2.31. The number of nitrogens with one attached hydrogen (secondary N) is 2. The monoisotopic (exact) mass is 462 g/mol. The number of amides is 2. The zero-order chi connectivity index (χ0) is 21.3. The average Bonchev–Trinajstić information content (AvgIpc) is 2.68. The highest BCUT2D eigenvalue weighted by Gasteiger charge is 2.15. The Balaban J connectivity index is 1.62. The molecule has 0 spiro atoms. The molecule has 2 amide bonds. The van der Waals surface area contributed by atoms with Gasteiger partial charge in [-0.1, -0.05) is 39.0 Å². The fourth-order valence-corrected chi connectivity index (χ4v) is 3.24. The van der Waals surface area contributed by atoms with E-state index in [1.54, 1.807) is 7.11 Å². The highest BCUT2D eigenvalue weighted by atomic mass is 79.9. The minimum absolute atomic E-state index is 0.102. The summed E-state index contributed by atoms with van der Waals surface area (Å²) in [6.45, 7) is 8.22. The van der Waals surface area contributed by atoms with Crippen LogP contribution in [0, 0.1) is 0 Å². The van der Waals surface area contributed by atoms with E-state index >= 15 is 0 Å². The Kier molecular flexibility index (Phi) is 8.83. The summed E-state index contributed by atoms with van der Waals surface area (Å²) in [5, 5.41) is 5.72. The summed E-state index contributed by atoms with van der Waals surface area (Å²) in [5.41, 5.74) is 2.48. The number of benzene rings is 2. The maximum Gasteiger partial charge on any atom is 0.314 e. The van der Waals surface area contributed by atoms with E-state index in [2.05, 4.69) is 59.5 Å². The Morgan fingerprint density at radius 2 is 1.83 bits per heavy atom. The second-order valence-electron chi connectivity index (χ2n) is 7.88. The lowest BCUT2D eigenvalue weighted by Gasteiger charge is -2.20. The summed E-state index contributed by atoms with van der Waals surface area (Å²) in [5.74, 6) is 1.65. The van der Waals surface area contributed by atoms with Crippen molar-refractivity contribution in [2.24, 2.45) is 0 Å². The second-order valence-corrected chi connectivity index (χ2v) is 8.74. The molecule has 0 bridgehead atoms. The van der Waals surface area contributed by atoms with Gasteiger partial charge in [-0.2, -0.15) is 0 Å². The van der Waals surface area contributed by atoms with Crippen LogP contribution in [-0.2, 0) is 11.8 Å². The first kappa shape index (κ1) is 23.1. The Bertz CT molecular complexity index is 803. The van der Waals surface area contributed by atoms with Crippen LogP contribution in [0.5, 0.6) is 11.5 Å². The lowest BCUT2D eigenvalue weighted by atomic mass is 9.87. The topological polar surface area (TPSA) is 59.6 Å². The largest absolute Gasteiger partial charge is 0.497 e. The van der Waals surface area contributed by atoms with Gasteiger partial charge >= 0.3 is 6.03 Å². The number of urea groups is 1. The zero-order valence-electron chi connectivity index (χ0n) is 17.7. The molecule has 0 fully saturated rings. The van der Waals surface area contributed by atoms with Crippen LogP contribution in [-0.4, -0.2) is 32.8 Å². The Labute approximate surface area is 182 Å². The third-order valence-electron chi connectivity index (χ3n) is 4.50. The summed E-state index contributed by atoms with van der Waals surface area (Å²) >= 11 is 3.58. The number of hydrogen-bond acceptors (Lipinski definition) is 3. The second kappa shape index (κ2) is 11.1. The predicted molar refractivity (Wildman–Crippen MR) is 121 cm³/mol. The first-order valence-electron chi connectivity index (χ1n) is 9.87. The van der Waals surface area contributed by atoms with Crippen LogP contribution >= 0.6 is 15.9 Å². The number of hydrogen-bond donors (Lipinski definition) is 2. The summed E-state index contributed by atoms with van der Waals surface area (Å²) in [6.07, 6.45) is 1.49. The van der Waals surface area contributed by atoms with Gasteiger partial charge < -0.3 is 20.1 Å². The van der Waals surface area contributed by atoms with E-state index in [1.807, 2.05) is 30.3 Å². The molecule has 0 radical (unpaired) electrons. The number of rotatable bonds is 9. The summed E-state index contributed by atoms with van der Waals surface area (Å²) in [6, 6.07) is 13.9. The maximum absolute atomic E-state index is 11.9. The molecule has 2 aromatic carbocycles. The zero-order valence-corrected chi connectivity index (χ0v) is 19.3. The molecule has 0 atom stereocenters. The Morgan fingerprint density at radius 1 is 1.07 bits per heavy atom. The molecular weight excluding hydrogens is 432 g/mol. The summed E-state index contributed by atoms with van der Waals surface area (Å²) in [7, 11) is 1.65. The number of carbonyl (C=O) groups excluding carboxylic acids is 1. The van der Waals surface area contributed by atoms with Gasteiger partial charge in [-0.05, 0) is 69.6 Å². The lowest BCUT2D eigenvalue weighted by molar-refractivity contribution is 0.239. The first-order chi connectivity index (χ1) is 13.8. The van der Waals surface area contributed by atoms with Gasteiger partial charge in [0.15, 0.2) is 0 Å². The number of methoxy groups -OCH3 is 1. The molecule has 158 valence electrons. The molecule has 5 nitrogen and oxygen atoms in total. The van der Waals surface area contributed by atoms with E-state index < -0.39 is 0 Å². The van der Waals surface area contributed by atoms with Crippen molar-refractivity contribution in [3.8, 4) is 11.5 Å². The van der Waals surface area contributed by atoms with Gasteiger partial charge in [0.05, 0.1) is 18.2 Å². The van der Waals surface area contributed by atoms with Crippen LogP contribution in [0.3, 0.4) is 0 Å². The Hall–Kier alpha value is -2.21. The quantitative estimate of drug-likeness (QED) is 0.511. The molecule has 0 saturated carbocycles. The van der Waals surface area contributed by atoms with Gasteiger partial charge in [-0.3, -0.25) is 0 Å². The van der Waals surface area contributed by atoms with Crippen molar-refractivity contribution in [3.63, 3.8) is 0 Å². The molecule has 2 aromatic rings. The minimum atomic E-state index is -0.163. The van der Waals surface area contributed by atoms with Crippen LogP contribution in [0.1, 0.15) is 38.3 Å². The van der Waals surface area contributed by atoms with Gasteiger partial charge in [0, 0.05) is 13.1 Å². The van der Waals surface area contributed by atoms with E-state index in [4.69, 9.17) is 9.47 Å². The van der Waals surface area contributed by atoms with Crippen molar-refractivity contribution in [2.75, 3.05) is 26.8 Å².